The number of carboxylic acids is 2. The number of hydrogen-bond acceptors (Lipinski definition) is 7. The first-order valence-corrected chi connectivity index (χ1v) is 11.9. The highest BCUT2D eigenvalue weighted by molar-refractivity contribution is 7.18. The predicted octanol–water partition coefficient (Wildman–Crippen LogP) is 2.64. The number of thiazole rings is 1. The average Bonchev–Trinajstić information content (AvgIpc) is 3.20. The van der Waals surface area contributed by atoms with Gasteiger partial charge in [-0.05, 0) is 49.2 Å². The highest BCUT2D eigenvalue weighted by Crippen LogP contribution is 2.24. The first-order chi connectivity index (χ1) is 17.2. The highest BCUT2D eigenvalue weighted by Gasteiger charge is 2.25. The first kappa shape index (κ1) is 26.4. The van der Waals surface area contributed by atoms with Crippen LogP contribution in [0.2, 0.25) is 0 Å². The van der Waals surface area contributed by atoms with Crippen LogP contribution in [0.5, 0.6) is 5.75 Å². The molecule has 36 heavy (non-hydrogen) atoms. The van der Waals surface area contributed by atoms with Crippen molar-refractivity contribution in [3.8, 4) is 5.75 Å². The Kier molecular flexibility index (Phi) is 9.17. The number of carbonyl (C=O) groups excluding carboxylic acids is 2. The maximum absolute atomic E-state index is 12.1. The monoisotopic (exact) mass is 514 g/mol. The van der Waals surface area contributed by atoms with E-state index in [4.69, 9.17) is 14.9 Å². The number of nitrogens with one attached hydrogen (secondary N) is 3. The van der Waals surface area contributed by atoms with E-state index in [9.17, 15) is 19.2 Å². The minimum Gasteiger partial charge on any atom is -0.492 e. The van der Waals surface area contributed by atoms with Gasteiger partial charge in [0.25, 0.3) is 0 Å². The van der Waals surface area contributed by atoms with Crippen LogP contribution in [0.4, 0.5) is 10.5 Å². The van der Waals surface area contributed by atoms with Gasteiger partial charge in [-0.2, -0.15) is 0 Å². The molecule has 0 bridgehead atoms. The number of carboxylic acid groups (broad SMARTS) is 2. The first-order valence-electron chi connectivity index (χ1n) is 11.1. The fraction of sp³-hybridized carbons (Fsp3) is 0.292. The summed E-state index contributed by atoms with van der Waals surface area (Å²) >= 11 is 1.55. The van der Waals surface area contributed by atoms with Crippen molar-refractivity contribution in [1.29, 1.82) is 0 Å². The van der Waals surface area contributed by atoms with Gasteiger partial charge >= 0.3 is 18.0 Å². The Morgan fingerprint density at radius 2 is 1.69 bits per heavy atom. The average molecular weight is 515 g/mol. The number of ether oxygens (including phenoxy) is 1. The summed E-state index contributed by atoms with van der Waals surface area (Å²) < 4.78 is 6.50. The van der Waals surface area contributed by atoms with E-state index in [0.29, 0.717) is 17.0 Å². The van der Waals surface area contributed by atoms with Gasteiger partial charge in [-0.25, -0.2) is 9.78 Å². The largest absolute Gasteiger partial charge is 0.492 e. The molecule has 3 aromatic rings. The lowest BCUT2D eigenvalue weighted by atomic mass is 10.00. The molecule has 0 aliphatic heterocycles. The molecule has 1 heterocycles. The van der Waals surface area contributed by atoms with Crippen molar-refractivity contribution in [2.45, 2.75) is 19.8 Å². The van der Waals surface area contributed by atoms with Gasteiger partial charge in [0.15, 0.2) is 5.92 Å². The summed E-state index contributed by atoms with van der Waals surface area (Å²) in [5.41, 5.74) is 2.12. The normalized spacial score (nSPS) is 10.7. The van der Waals surface area contributed by atoms with Gasteiger partial charge in [0.1, 0.15) is 12.4 Å². The zero-order valence-electron chi connectivity index (χ0n) is 19.4. The van der Waals surface area contributed by atoms with Crippen molar-refractivity contribution < 1.29 is 34.1 Å². The number of urea groups is 1. The quantitative estimate of drug-likeness (QED) is 0.182. The molecule has 190 valence electrons. The Balaban J connectivity index is 1.30. The highest BCUT2D eigenvalue weighted by atomic mass is 32.1. The van der Waals surface area contributed by atoms with Gasteiger partial charge in [-0.1, -0.05) is 12.1 Å². The van der Waals surface area contributed by atoms with Gasteiger partial charge in [-0.15, -0.1) is 11.3 Å². The number of hydrogen-bond donors (Lipinski definition) is 5. The zero-order valence-corrected chi connectivity index (χ0v) is 20.3. The summed E-state index contributed by atoms with van der Waals surface area (Å²) in [6.07, 6.45) is -0.0215. The van der Waals surface area contributed by atoms with E-state index >= 15 is 0 Å². The molecule has 0 atom stereocenters. The minimum absolute atomic E-state index is 0.112. The second-order valence-corrected chi connectivity index (χ2v) is 9.06. The van der Waals surface area contributed by atoms with E-state index < -0.39 is 23.9 Å². The van der Waals surface area contributed by atoms with Crippen LogP contribution in [0.15, 0.2) is 42.5 Å². The number of anilines is 1. The van der Waals surface area contributed by atoms with Gasteiger partial charge < -0.3 is 30.9 Å². The van der Waals surface area contributed by atoms with E-state index in [1.807, 2.05) is 19.1 Å². The Hall–Kier alpha value is -4.19. The van der Waals surface area contributed by atoms with Crippen LogP contribution in [0.3, 0.4) is 0 Å². The molecule has 0 aliphatic carbocycles. The molecular weight excluding hydrogens is 488 g/mol. The molecule has 3 amide bonds. The van der Waals surface area contributed by atoms with Crippen molar-refractivity contribution in [3.05, 3.63) is 53.0 Å². The molecule has 5 N–H and O–H groups in total. The summed E-state index contributed by atoms with van der Waals surface area (Å²) in [5.74, 6) is -4.02. The Labute approximate surface area is 210 Å². The third-order valence-electron chi connectivity index (χ3n) is 5.03. The Morgan fingerprint density at radius 3 is 2.39 bits per heavy atom. The Bertz CT molecular complexity index is 1230. The lowest BCUT2D eigenvalue weighted by molar-refractivity contribution is -0.154. The third kappa shape index (κ3) is 7.94. The van der Waals surface area contributed by atoms with Crippen LogP contribution in [0, 0.1) is 12.8 Å². The van der Waals surface area contributed by atoms with Crippen LogP contribution < -0.4 is 20.7 Å². The summed E-state index contributed by atoms with van der Waals surface area (Å²) in [5, 5.41) is 26.9. The number of benzene rings is 2. The number of nitrogens with zero attached hydrogens (tertiary/aromatic N) is 1. The smallest absolute Gasteiger partial charge is 0.318 e. The van der Waals surface area contributed by atoms with E-state index in [2.05, 4.69) is 20.9 Å². The molecule has 2 aromatic carbocycles. The van der Waals surface area contributed by atoms with Crippen molar-refractivity contribution in [3.63, 3.8) is 0 Å². The van der Waals surface area contributed by atoms with Crippen LogP contribution in [-0.4, -0.2) is 58.8 Å². The van der Waals surface area contributed by atoms with E-state index in [1.165, 1.54) is 0 Å². The molecule has 11 nitrogen and oxygen atoms in total. The lowest BCUT2D eigenvalue weighted by Crippen LogP contribution is -2.38. The fourth-order valence-corrected chi connectivity index (χ4v) is 4.13. The molecule has 3 rings (SSSR count). The van der Waals surface area contributed by atoms with Crippen molar-refractivity contribution in [1.82, 2.24) is 15.6 Å². The maximum atomic E-state index is 12.1. The predicted molar refractivity (Wildman–Crippen MR) is 133 cm³/mol. The molecule has 0 saturated carbocycles. The van der Waals surface area contributed by atoms with Crippen molar-refractivity contribution >= 4 is 51.1 Å². The number of carbonyl (C=O) groups is 4. The number of rotatable bonds is 12. The number of amides is 3. The lowest BCUT2D eigenvalue weighted by Gasteiger charge is -2.11. The second-order valence-electron chi connectivity index (χ2n) is 7.82. The molecule has 0 unspecified atom stereocenters. The van der Waals surface area contributed by atoms with Crippen molar-refractivity contribution in [2.75, 3.05) is 25.0 Å². The summed E-state index contributed by atoms with van der Waals surface area (Å²) in [7, 11) is 0. The third-order valence-corrected chi connectivity index (χ3v) is 5.97. The van der Waals surface area contributed by atoms with Crippen LogP contribution >= 0.6 is 11.3 Å². The van der Waals surface area contributed by atoms with Gasteiger partial charge in [-0.3, -0.25) is 14.4 Å². The van der Waals surface area contributed by atoms with E-state index in [1.54, 1.807) is 41.7 Å². The maximum Gasteiger partial charge on any atom is 0.318 e. The van der Waals surface area contributed by atoms with Crippen LogP contribution in [-0.2, 0) is 20.8 Å². The van der Waals surface area contributed by atoms with E-state index in [0.717, 1.165) is 15.2 Å². The molecular formula is C24H26N4O7S. The molecule has 1 aromatic heterocycles. The second kappa shape index (κ2) is 12.5. The van der Waals surface area contributed by atoms with Gasteiger partial charge in [0, 0.05) is 18.7 Å². The molecule has 0 radical (unpaired) electrons. The number of aliphatic carboxylic acids is 2. The summed E-state index contributed by atoms with van der Waals surface area (Å²) in [6.45, 7) is 2.48. The van der Waals surface area contributed by atoms with Crippen LogP contribution in [0.25, 0.3) is 10.2 Å². The number of fused-ring (bicyclic) bond motifs is 1. The molecule has 0 saturated heterocycles. The fourth-order valence-electron chi connectivity index (χ4n) is 3.26. The number of aryl methyl sites for hydroxylation is 1. The topological polar surface area (TPSA) is 167 Å². The standard InChI is InChI=1S/C24H26N4O7S/c1-14-27-19-7-4-16(13-20(19)36-14)28-21(29)8-9-25-24(34)26-10-11-35-17-5-2-15(3-6-17)12-18(22(30)31)23(32)33/h2-7,13,18H,8-12H2,1H3,(H,28,29)(H,30,31)(H,32,33)(H2,25,26,34). The Morgan fingerprint density at radius 1 is 1.00 bits per heavy atom. The molecule has 0 spiro atoms. The molecule has 0 aliphatic rings. The summed E-state index contributed by atoms with van der Waals surface area (Å²) in [4.78, 5) is 50.4. The van der Waals surface area contributed by atoms with E-state index in [-0.39, 0.29) is 38.4 Å². The van der Waals surface area contributed by atoms with Crippen LogP contribution in [0.1, 0.15) is 17.0 Å². The molecule has 0 fully saturated rings. The zero-order chi connectivity index (χ0) is 26.1. The number of aromatic nitrogens is 1. The summed E-state index contributed by atoms with van der Waals surface area (Å²) in [6, 6.07) is 11.5. The van der Waals surface area contributed by atoms with Gasteiger partial charge in [0.05, 0.1) is 21.8 Å². The van der Waals surface area contributed by atoms with Crippen molar-refractivity contribution in [2.24, 2.45) is 5.92 Å². The minimum atomic E-state index is -1.51. The molecule has 12 heteroatoms. The van der Waals surface area contributed by atoms with Gasteiger partial charge in [0.2, 0.25) is 5.91 Å². The SMILES string of the molecule is Cc1nc2ccc(NC(=O)CCNC(=O)NCCOc3ccc(CC(C(=O)O)C(=O)O)cc3)cc2s1.